The molecule has 0 spiro atoms. The van der Waals surface area contributed by atoms with E-state index in [1.54, 1.807) is 18.4 Å². The Labute approximate surface area is 276 Å². The molecule has 1 N–H and O–H groups in total. The molecule has 4 aromatic rings. The lowest BCUT2D eigenvalue weighted by Crippen LogP contribution is -2.39. The topological polar surface area (TPSA) is 88.0 Å². The number of carboxylic acids is 1. The summed E-state index contributed by atoms with van der Waals surface area (Å²) in [4.78, 5) is 27.5. The summed E-state index contributed by atoms with van der Waals surface area (Å²) in [6.45, 7) is 17.7. The Morgan fingerprint density at radius 2 is 1.72 bits per heavy atom. The van der Waals surface area contributed by atoms with Crippen LogP contribution in [-0.4, -0.2) is 53.4 Å². The van der Waals surface area contributed by atoms with Crippen molar-refractivity contribution in [2.75, 3.05) is 36.5 Å². The summed E-state index contributed by atoms with van der Waals surface area (Å²) in [5.41, 5.74) is 8.50. The first-order chi connectivity index (χ1) is 21.7. The first-order valence-corrected chi connectivity index (χ1v) is 17.0. The van der Waals surface area contributed by atoms with Crippen molar-refractivity contribution < 1.29 is 19.4 Å². The van der Waals surface area contributed by atoms with Gasteiger partial charge in [-0.1, -0.05) is 43.4 Å². The molecule has 0 unspecified atom stereocenters. The van der Waals surface area contributed by atoms with Gasteiger partial charge in [0.2, 0.25) is 0 Å². The van der Waals surface area contributed by atoms with E-state index in [4.69, 9.17) is 19.4 Å². The first kappa shape index (κ1) is 32.3. The van der Waals surface area contributed by atoms with E-state index in [-0.39, 0.29) is 5.41 Å². The minimum absolute atomic E-state index is 0.245. The number of hydrogen-bond acceptors (Lipinski definition) is 8. The monoisotopic (exact) mass is 642 g/mol. The minimum Gasteiger partial charge on any atom is -0.497 e. The average Bonchev–Trinajstić information content (AvgIpc) is 3.42. The van der Waals surface area contributed by atoms with Gasteiger partial charge in [-0.3, -0.25) is 4.98 Å². The van der Waals surface area contributed by atoms with Crippen LogP contribution in [0.1, 0.15) is 81.6 Å². The zero-order chi connectivity index (χ0) is 33.0. The first-order valence-electron chi connectivity index (χ1n) is 16.2. The second-order valence-electron chi connectivity index (χ2n) is 14.5. The van der Waals surface area contributed by atoms with Crippen molar-refractivity contribution in [2.24, 2.45) is 5.41 Å². The number of rotatable bonds is 7. The number of benzene rings is 2. The van der Waals surface area contributed by atoms with Crippen molar-refractivity contribution in [3.63, 3.8) is 0 Å². The summed E-state index contributed by atoms with van der Waals surface area (Å²) in [6, 6.07) is 12.8. The third-order valence-corrected chi connectivity index (χ3v) is 10.4. The van der Waals surface area contributed by atoms with E-state index in [1.165, 1.54) is 11.1 Å². The molecule has 0 amide bonds. The molecule has 1 atom stereocenters. The number of ether oxygens (including phenoxy) is 2. The van der Waals surface area contributed by atoms with Crippen LogP contribution >= 0.6 is 11.3 Å². The molecule has 2 aliphatic heterocycles. The number of pyridine rings is 1. The summed E-state index contributed by atoms with van der Waals surface area (Å²) in [7, 11) is 1.69. The van der Waals surface area contributed by atoms with Gasteiger partial charge in [0.15, 0.2) is 11.2 Å². The molecule has 6 rings (SSSR count). The Kier molecular flexibility index (Phi) is 8.52. The van der Waals surface area contributed by atoms with Crippen LogP contribution in [0.25, 0.3) is 21.3 Å². The summed E-state index contributed by atoms with van der Waals surface area (Å²) in [6.07, 6.45) is 1.83. The number of piperidine rings is 1. The quantitative estimate of drug-likeness (QED) is 0.216. The number of aromatic nitrogens is 2. The molecule has 0 bridgehead atoms. The van der Waals surface area contributed by atoms with E-state index in [1.807, 2.05) is 46.8 Å². The molecule has 9 heteroatoms. The maximum absolute atomic E-state index is 12.8. The largest absolute Gasteiger partial charge is 0.497 e. The number of methoxy groups -OCH3 is 1. The number of carboxylic acid groups (broad SMARTS) is 1. The van der Waals surface area contributed by atoms with Crippen LogP contribution in [0.2, 0.25) is 0 Å². The number of thiazole rings is 1. The van der Waals surface area contributed by atoms with Gasteiger partial charge in [0.1, 0.15) is 5.75 Å². The van der Waals surface area contributed by atoms with E-state index in [2.05, 4.69) is 47.9 Å². The van der Waals surface area contributed by atoms with Gasteiger partial charge in [-0.15, -0.1) is 0 Å². The Balaban J connectivity index is 1.41. The van der Waals surface area contributed by atoms with Gasteiger partial charge in [0, 0.05) is 48.7 Å². The Hall–Kier alpha value is -3.69. The molecule has 4 heterocycles. The van der Waals surface area contributed by atoms with Crippen molar-refractivity contribution in [2.45, 2.75) is 86.0 Å². The molecular formula is C37H46N4O4S. The highest BCUT2D eigenvalue weighted by atomic mass is 32.1. The lowest BCUT2D eigenvalue weighted by atomic mass is 9.81. The van der Waals surface area contributed by atoms with Crippen LogP contribution in [-0.2, 0) is 22.5 Å². The molecule has 0 aliphatic carbocycles. The number of nitrogens with zero attached hydrogens (tertiary/aromatic N) is 4. The third-order valence-electron chi connectivity index (χ3n) is 9.33. The number of fused-ring (bicyclic) bond motifs is 2. The van der Waals surface area contributed by atoms with Crippen LogP contribution in [0.5, 0.6) is 5.75 Å². The van der Waals surface area contributed by atoms with E-state index >= 15 is 0 Å². The predicted octanol–water partition coefficient (Wildman–Crippen LogP) is 8.11. The molecule has 0 radical (unpaired) electrons. The van der Waals surface area contributed by atoms with Crippen LogP contribution in [0.3, 0.4) is 0 Å². The highest BCUT2D eigenvalue weighted by Gasteiger charge is 2.36. The van der Waals surface area contributed by atoms with Crippen LogP contribution in [0.15, 0.2) is 36.4 Å². The maximum atomic E-state index is 12.8. The van der Waals surface area contributed by atoms with E-state index < -0.39 is 17.7 Å². The molecular weight excluding hydrogens is 596 g/mol. The molecule has 244 valence electrons. The number of aliphatic carboxylic acids is 1. The average molecular weight is 643 g/mol. The second kappa shape index (κ2) is 12.2. The normalized spacial score (nSPS) is 17.2. The van der Waals surface area contributed by atoms with Crippen molar-refractivity contribution in [3.05, 3.63) is 64.5 Å². The minimum atomic E-state index is -1.13. The Morgan fingerprint density at radius 3 is 2.39 bits per heavy atom. The second-order valence-corrected chi connectivity index (χ2v) is 15.5. The fraction of sp³-hybridized carbons (Fsp3) is 0.486. The van der Waals surface area contributed by atoms with Crippen molar-refractivity contribution in [1.29, 1.82) is 0 Å². The van der Waals surface area contributed by atoms with Crippen molar-refractivity contribution in [1.82, 2.24) is 9.97 Å². The summed E-state index contributed by atoms with van der Waals surface area (Å²) in [5, 5.41) is 11.5. The van der Waals surface area contributed by atoms with Crippen LogP contribution in [0, 0.1) is 19.3 Å². The third kappa shape index (κ3) is 6.45. The smallest absolute Gasteiger partial charge is 0.337 e. The standard InChI is InChI=1S/C37H46N4O4S/c1-22-30(32(40-17-14-37(6,7)15-18-40)31(23(2)38-22)33(34(42)43)45-36(3,4)5)25-9-10-26-21-41(16-13-24(26)19-25)35-39-28-12-11-27(44-8)20-29(28)46-35/h9-12,19-20,33H,13-18,21H2,1-8H3,(H,42,43)/t33-/m0/s1. The van der Waals surface area contributed by atoms with Gasteiger partial charge in [0.25, 0.3) is 0 Å². The fourth-order valence-electron chi connectivity index (χ4n) is 6.78. The van der Waals surface area contributed by atoms with Crippen LogP contribution in [0.4, 0.5) is 10.8 Å². The van der Waals surface area contributed by atoms with Gasteiger partial charge in [0.05, 0.1) is 28.6 Å². The molecule has 46 heavy (non-hydrogen) atoms. The van der Waals surface area contributed by atoms with Gasteiger partial charge in [-0.05, 0) is 94.2 Å². The van der Waals surface area contributed by atoms with Gasteiger partial charge < -0.3 is 24.4 Å². The highest BCUT2D eigenvalue weighted by Crippen LogP contribution is 2.45. The molecule has 0 saturated carbocycles. The number of carbonyl (C=O) groups is 1. The van der Waals surface area contributed by atoms with E-state index in [0.29, 0.717) is 11.3 Å². The lowest BCUT2D eigenvalue weighted by molar-refractivity contribution is -0.160. The maximum Gasteiger partial charge on any atom is 0.337 e. The molecule has 2 aromatic heterocycles. The Bertz CT molecular complexity index is 1780. The molecule has 8 nitrogen and oxygen atoms in total. The molecule has 1 saturated heterocycles. The van der Waals surface area contributed by atoms with Gasteiger partial charge >= 0.3 is 5.97 Å². The van der Waals surface area contributed by atoms with Crippen molar-refractivity contribution in [3.8, 4) is 16.9 Å². The molecule has 2 aromatic carbocycles. The van der Waals surface area contributed by atoms with Crippen molar-refractivity contribution >= 4 is 38.3 Å². The van der Waals surface area contributed by atoms with E-state index in [9.17, 15) is 9.90 Å². The number of hydrogen-bond donors (Lipinski definition) is 1. The summed E-state index contributed by atoms with van der Waals surface area (Å²) in [5.74, 6) is -0.150. The fourth-order valence-corrected chi connectivity index (χ4v) is 7.80. The summed E-state index contributed by atoms with van der Waals surface area (Å²) >= 11 is 1.70. The predicted molar refractivity (Wildman–Crippen MR) is 187 cm³/mol. The zero-order valence-electron chi connectivity index (χ0n) is 28.4. The van der Waals surface area contributed by atoms with Gasteiger partial charge in [-0.25, -0.2) is 9.78 Å². The number of anilines is 2. The zero-order valence-corrected chi connectivity index (χ0v) is 29.2. The highest BCUT2D eigenvalue weighted by molar-refractivity contribution is 7.22. The van der Waals surface area contributed by atoms with Crippen LogP contribution < -0.4 is 14.5 Å². The Morgan fingerprint density at radius 1 is 0.978 bits per heavy atom. The molecule has 2 aliphatic rings. The SMILES string of the molecule is COc1ccc2nc(N3CCc4cc(-c5c(C)nc(C)c([C@H](OC(C)(C)C)C(=O)O)c5N5CCC(C)(C)CC5)ccc4C3)sc2c1. The molecule has 1 fully saturated rings. The van der Waals surface area contributed by atoms with Gasteiger partial charge in [-0.2, -0.15) is 0 Å². The number of aryl methyl sites for hydroxylation is 2. The van der Waals surface area contributed by atoms with E-state index in [0.717, 1.165) is 89.0 Å². The lowest BCUT2D eigenvalue weighted by Gasteiger charge is -2.41. The summed E-state index contributed by atoms with van der Waals surface area (Å²) < 4.78 is 12.8.